The molecule has 3 heterocycles. The summed E-state index contributed by atoms with van der Waals surface area (Å²) in [5.74, 6) is -0.107. The highest BCUT2D eigenvalue weighted by atomic mass is 16.5. The van der Waals surface area contributed by atoms with Crippen LogP contribution in [0.3, 0.4) is 0 Å². The van der Waals surface area contributed by atoms with Crippen LogP contribution in [0.25, 0.3) is 33.9 Å². The average molecular weight is 541 g/mol. The second kappa shape index (κ2) is 14.0. The van der Waals surface area contributed by atoms with Gasteiger partial charge >= 0.3 is 11.9 Å². The number of aromatic nitrogens is 3. The number of methoxy groups -OCH3 is 1. The van der Waals surface area contributed by atoms with Gasteiger partial charge in [-0.25, -0.2) is 9.97 Å². The van der Waals surface area contributed by atoms with Gasteiger partial charge in [-0.1, -0.05) is 24.3 Å². The van der Waals surface area contributed by atoms with Crippen molar-refractivity contribution in [3.63, 3.8) is 0 Å². The van der Waals surface area contributed by atoms with Crippen molar-refractivity contribution in [3.8, 4) is 39.7 Å². The van der Waals surface area contributed by atoms with E-state index in [4.69, 9.17) is 24.2 Å². The van der Waals surface area contributed by atoms with E-state index in [1.54, 1.807) is 32.1 Å². The predicted molar refractivity (Wildman–Crippen MR) is 151 cm³/mol. The SMILES string of the molecule is CCOC(=O)CN(CC(=O)OCC)Cc1cc(-c2ccc(OC)cc2)cc(-c2cccc(-c3ccccn3)n2)n1. The standard InChI is InChI=1S/C31H32N4O5/c1-4-39-30(36)20-35(21-31(37)40-5-2)19-24-17-23(22-12-14-25(38-3)15-13-22)18-29(33-24)28-11-8-10-27(34-28)26-9-6-7-16-32-26/h6-18H,4-5,19-21H2,1-3H3. The highest BCUT2D eigenvalue weighted by Crippen LogP contribution is 2.28. The summed E-state index contributed by atoms with van der Waals surface area (Å²) in [5, 5.41) is 0. The lowest BCUT2D eigenvalue weighted by atomic mass is 10.0. The van der Waals surface area contributed by atoms with E-state index >= 15 is 0 Å². The first-order valence-corrected chi connectivity index (χ1v) is 13.1. The lowest BCUT2D eigenvalue weighted by molar-refractivity contribution is -0.148. The molecule has 0 spiro atoms. The van der Waals surface area contributed by atoms with Crippen LogP contribution in [0.4, 0.5) is 0 Å². The summed E-state index contributed by atoms with van der Waals surface area (Å²) >= 11 is 0. The molecule has 0 aliphatic heterocycles. The fourth-order valence-corrected chi connectivity index (χ4v) is 4.16. The van der Waals surface area contributed by atoms with E-state index in [-0.39, 0.29) is 32.8 Å². The highest BCUT2D eigenvalue weighted by molar-refractivity contribution is 5.75. The number of pyridine rings is 3. The first-order valence-electron chi connectivity index (χ1n) is 13.1. The van der Waals surface area contributed by atoms with Crippen LogP contribution >= 0.6 is 0 Å². The summed E-state index contributed by atoms with van der Waals surface area (Å²) in [5.41, 5.74) is 5.31. The zero-order chi connectivity index (χ0) is 28.3. The molecule has 0 N–H and O–H groups in total. The Bertz CT molecular complexity index is 1410. The summed E-state index contributed by atoms with van der Waals surface area (Å²) in [6, 6.07) is 23.0. The Morgan fingerprint density at radius 1 is 0.725 bits per heavy atom. The van der Waals surface area contributed by atoms with Crippen molar-refractivity contribution in [2.45, 2.75) is 20.4 Å². The van der Waals surface area contributed by atoms with Crippen LogP contribution in [0.1, 0.15) is 19.5 Å². The van der Waals surface area contributed by atoms with Crippen molar-refractivity contribution in [3.05, 3.63) is 84.7 Å². The molecule has 4 aromatic rings. The van der Waals surface area contributed by atoms with E-state index in [1.165, 1.54) is 0 Å². The fraction of sp³-hybridized carbons (Fsp3) is 0.258. The van der Waals surface area contributed by atoms with Gasteiger partial charge in [-0.3, -0.25) is 19.5 Å². The average Bonchev–Trinajstić information content (AvgIpc) is 2.98. The molecular formula is C31H32N4O5. The minimum Gasteiger partial charge on any atom is -0.497 e. The predicted octanol–water partition coefficient (Wildman–Crippen LogP) is 4.81. The third-order valence-corrected chi connectivity index (χ3v) is 5.94. The third-order valence-electron chi connectivity index (χ3n) is 5.94. The number of carbonyl (C=O) groups is 2. The van der Waals surface area contributed by atoms with Gasteiger partial charge in [0, 0.05) is 12.7 Å². The second-order valence-corrected chi connectivity index (χ2v) is 8.84. The van der Waals surface area contributed by atoms with Crippen LogP contribution in [0.2, 0.25) is 0 Å². The Balaban J connectivity index is 1.74. The van der Waals surface area contributed by atoms with Gasteiger partial charge in [0.25, 0.3) is 0 Å². The van der Waals surface area contributed by atoms with Crippen LogP contribution in [0.5, 0.6) is 5.75 Å². The van der Waals surface area contributed by atoms with Crippen LogP contribution in [0.15, 0.2) is 79.0 Å². The first-order chi connectivity index (χ1) is 19.5. The quantitative estimate of drug-likeness (QED) is 0.234. The summed E-state index contributed by atoms with van der Waals surface area (Å²) in [4.78, 5) is 40.5. The molecule has 0 atom stereocenters. The number of benzene rings is 1. The maximum absolute atomic E-state index is 12.3. The monoisotopic (exact) mass is 540 g/mol. The van der Waals surface area contributed by atoms with Crippen LogP contribution in [-0.4, -0.2) is 65.2 Å². The van der Waals surface area contributed by atoms with Crippen LogP contribution < -0.4 is 4.74 Å². The smallest absolute Gasteiger partial charge is 0.320 e. The minimum atomic E-state index is -0.428. The molecule has 1 aromatic carbocycles. The number of ether oxygens (including phenoxy) is 3. The second-order valence-electron chi connectivity index (χ2n) is 8.84. The Morgan fingerprint density at radius 3 is 1.98 bits per heavy atom. The lowest BCUT2D eigenvalue weighted by Crippen LogP contribution is -2.36. The molecule has 3 aromatic heterocycles. The van der Waals surface area contributed by atoms with Crippen molar-refractivity contribution < 1.29 is 23.8 Å². The fourth-order valence-electron chi connectivity index (χ4n) is 4.16. The summed E-state index contributed by atoms with van der Waals surface area (Å²) < 4.78 is 15.6. The molecule has 0 saturated carbocycles. The molecular weight excluding hydrogens is 508 g/mol. The minimum absolute atomic E-state index is 0.0795. The maximum Gasteiger partial charge on any atom is 0.320 e. The summed E-state index contributed by atoms with van der Waals surface area (Å²) in [7, 11) is 1.62. The van der Waals surface area contributed by atoms with Crippen molar-refractivity contribution >= 4 is 11.9 Å². The molecule has 0 amide bonds. The van der Waals surface area contributed by atoms with Gasteiger partial charge in [0.15, 0.2) is 0 Å². The van der Waals surface area contributed by atoms with Crippen molar-refractivity contribution in [2.75, 3.05) is 33.4 Å². The van der Waals surface area contributed by atoms with Crippen molar-refractivity contribution in [1.29, 1.82) is 0 Å². The highest BCUT2D eigenvalue weighted by Gasteiger charge is 2.19. The molecule has 0 fully saturated rings. The molecule has 0 aliphatic carbocycles. The van der Waals surface area contributed by atoms with E-state index in [2.05, 4.69) is 4.98 Å². The van der Waals surface area contributed by atoms with Crippen molar-refractivity contribution in [1.82, 2.24) is 19.9 Å². The Labute approximate surface area is 233 Å². The zero-order valence-electron chi connectivity index (χ0n) is 22.9. The van der Waals surface area contributed by atoms with E-state index in [1.807, 2.05) is 72.8 Å². The zero-order valence-corrected chi connectivity index (χ0v) is 22.9. The van der Waals surface area contributed by atoms with Gasteiger partial charge in [0.2, 0.25) is 0 Å². The Morgan fingerprint density at radius 2 is 1.38 bits per heavy atom. The molecule has 40 heavy (non-hydrogen) atoms. The van der Waals surface area contributed by atoms with E-state index in [9.17, 15) is 9.59 Å². The van der Waals surface area contributed by atoms with E-state index in [0.29, 0.717) is 17.1 Å². The van der Waals surface area contributed by atoms with Gasteiger partial charge in [-0.05, 0) is 73.5 Å². The van der Waals surface area contributed by atoms with Crippen LogP contribution in [-0.2, 0) is 25.6 Å². The van der Waals surface area contributed by atoms with E-state index < -0.39 is 11.9 Å². The van der Waals surface area contributed by atoms with Crippen molar-refractivity contribution in [2.24, 2.45) is 0 Å². The van der Waals surface area contributed by atoms with Gasteiger partial charge in [-0.2, -0.15) is 0 Å². The molecule has 0 unspecified atom stereocenters. The van der Waals surface area contributed by atoms with Gasteiger partial charge < -0.3 is 14.2 Å². The van der Waals surface area contributed by atoms with E-state index in [0.717, 1.165) is 28.3 Å². The van der Waals surface area contributed by atoms with Gasteiger partial charge in [-0.15, -0.1) is 0 Å². The number of hydrogen-bond donors (Lipinski definition) is 0. The molecule has 206 valence electrons. The normalized spacial score (nSPS) is 10.8. The maximum atomic E-state index is 12.3. The summed E-state index contributed by atoms with van der Waals surface area (Å²) in [6.07, 6.45) is 1.73. The number of rotatable bonds is 12. The van der Waals surface area contributed by atoms with Gasteiger partial charge in [0.1, 0.15) is 5.75 Å². The number of carbonyl (C=O) groups excluding carboxylic acids is 2. The largest absolute Gasteiger partial charge is 0.497 e. The molecule has 9 heteroatoms. The van der Waals surface area contributed by atoms with Crippen LogP contribution in [0, 0.1) is 0 Å². The molecule has 4 rings (SSSR count). The topological polar surface area (TPSA) is 104 Å². The molecule has 0 radical (unpaired) electrons. The third kappa shape index (κ3) is 7.70. The van der Waals surface area contributed by atoms with Gasteiger partial charge in [0.05, 0.1) is 61.9 Å². The summed E-state index contributed by atoms with van der Waals surface area (Å²) in [6.45, 7) is 4.04. The molecule has 0 saturated heterocycles. The lowest BCUT2D eigenvalue weighted by Gasteiger charge is -2.21. The Hall–Kier alpha value is -4.63. The molecule has 0 bridgehead atoms. The first kappa shape index (κ1) is 28.4. The number of esters is 2. The molecule has 0 aliphatic rings. The Kier molecular flexibility index (Phi) is 9.90. The molecule has 9 nitrogen and oxygen atoms in total. The number of nitrogens with zero attached hydrogens (tertiary/aromatic N) is 4. The number of hydrogen-bond acceptors (Lipinski definition) is 9.